The minimum absolute atomic E-state index is 0.136. The zero-order valence-electron chi connectivity index (χ0n) is 14.2. The zero-order chi connectivity index (χ0) is 17.3. The van der Waals surface area contributed by atoms with Crippen LogP contribution in [0.4, 0.5) is 11.4 Å². The highest BCUT2D eigenvalue weighted by atomic mass is 16.2. The second-order valence-corrected chi connectivity index (χ2v) is 6.63. The molecule has 0 bridgehead atoms. The van der Waals surface area contributed by atoms with E-state index >= 15 is 0 Å². The average molecular weight is 323 g/mol. The number of nitriles is 1. The van der Waals surface area contributed by atoms with E-state index < -0.39 is 5.54 Å². The van der Waals surface area contributed by atoms with E-state index in [4.69, 9.17) is 0 Å². The summed E-state index contributed by atoms with van der Waals surface area (Å²) in [7, 11) is 0. The lowest BCUT2D eigenvalue weighted by Gasteiger charge is -2.27. The van der Waals surface area contributed by atoms with Gasteiger partial charge in [-0.1, -0.05) is 0 Å². The molecule has 1 aliphatic heterocycles. The van der Waals surface area contributed by atoms with Crippen LogP contribution in [0.15, 0.2) is 24.5 Å². The van der Waals surface area contributed by atoms with Gasteiger partial charge in [0.05, 0.1) is 17.4 Å². The molecule has 1 aromatic heterocycles. The molecule has 0 radical (unpaired) electrons. The first-order chi connectivity index (χ1) is 11.4. The third-order valence-corrected chi connectivity index (χ3v) is 4.43. The molecule has 0 saturated heterocycles. The molecule has 2 aromatic rings. The maximum atomic E-state index is 12.8. The number of hydrogen-bond acceptors (Lipinski definition) is 4. The van der Waals surface area contributed by atoms with Gasteiger partial charge in [-0.3, -0.25) is 9.48 Å². The van der Waals surface area contributed by atoms with E-state index in [-0.39, 0.29) is 5.91 Å². The Kier molecular flexibility index (Phi) is 4.02. The van der Waals surface area contributed by atoms with Crippen LogP contribution in [0.2, 0.25) is 0 Å². The molecular weight excluding hydrogens is 302 g/mol. The van der Waals surface area contributed by atoms with Gasteiger partial charge in [0.1, 0.15) is 11.6 Å². The van der Waals surface area contributed by atoms with Crippen LogP contribution in [-0.2, 0) is 16.8 Å². The monoisotopic (exact) mass is 323 g/mol. The third kappa shape index (κ3) is 2.73. The Balaban J connectivity index is 1.91. The van der Waals surface area contributed by atoms with Gasteiger partial charge >= 0.3 is 0 Å². The smallest absolute Gasteiger partial charge is 0.251 e. The molecule has 0 aliphatic carbocycles. The molecule has 2 heterocycles. The number of rotatable bonds is 3. The van der Waals surface area contributed by atoms with Crippen molar-refractivity contribution in [3.8, 4) is 6.07 Å². The molecule has 1 aliphatic rings. The number of nitrogens with one attached hydrogen (secondary N) is 2. The zero-order valence-corrected chi connectivity index (χ0v) is 14.2. The summed E-state index contributed by atoms with van der Waals surface area (Å²) < 4.78 is 1.67. The fraction of sp³-hybridized carbons (Fsp3) is 0.389. The fourth-order valence-electron chi connectivity index (χ4n) is 2.90. The summed E-state index contributed by atoms with van der Waals surface area (Å²) in [4.78, 5) is 12.8. The summed E-state index contributed by atoms with van der Waals surface area (Å²) in [5, 5.41) is 19.8. The predicted octanol–water partition coefficient (Wildman–Crippen LogP) is 2.80. The second kappa shape index (κ2) is 6.00. The van der Waals surface area contributed by atoms with Crippen LogP contribution in [0.1, 0.15) is 37.0 Å². The van der Waals surface area contributed by atoms with Crippen molar-refractivity contribution in [2.45, 2.75) is 39.2 Å². The Hall–Kier alpha value is -2.81. The molecule has 6 nitrogen and oxygen atoms in total. The summed E-state index contributed by atoms with van der Waals surface area (Å²) >= 11 is 0. The van der Waals surface area contributed by atoms with Gasteiger partial charge in [0.25, 0.3) is 5.91 Å². The van der Waals surface area contributed by atoms with E-state index in [1.807, 2.05) is 33.0 Å². The number of anilines is 2. The van der Waals surface area contributed by atoms with Crippen LogP contribution < -0.4 is 10.6 Å². The van der Waals surface area contributed by atoms with Crippen molar-refractivity contribution in [3.05, 3.63) is 41.2 Å². The predicted molar refractivity (Wildman–Crippen MR) is 92.9 cm³/mol. The van der Waals surface area contributed by atoms with Crippen LogP contribution in [-0.4, -0.2) is 22.2 Å². The molecule has 0 unspecified atom stereocenters. The molecule has 3 rings (SSSR count). The molecule has 124 valence electrons. The summed E-state index contributed by atoms with van der Waals surface area (Å²) in [6, 6.07) is 5.77. The number of amides is 1. The standard InChI is InChI=1S/C18H21N5O/c1-12-10-21-23(11-12)18(2,3)17(24)22-15-7-6-13(9-19)16-14(15)5-4-8-20-16/h6-7,10-11,20H,4-5,8H2,1-3H3,(H,22,24). The van der Waals surface area contributed by atoms with Gasteiger partial charge in [-0.15, -0.1) is 0 Å². The van der Waals surface area contributed by atoms with E-state index in [1.54, 1.807) is 16.9 Å². The molecular formula is C18H21N5O. The topological polar surface area (TPSA) is 82.7 Å². The van der Waals surface area contributed by atoms with Gasteiger partial charge in [0.2, 0.25) is 0 Å². The van der Waals surface area contributed by atoms with Crippen molar-refractivity contribution < 1.29 is 4.79 Å². The lowest BCUT2D eigenvalue weighted by molar-refractivity contribution is -0.123. The van der Waals surface area contributed by atoms with Gasteiger partial charge in [0.15, 0.2) is 0 Å². The minimum Gasteiger partial charge on any atom is -0.384 e. The molecule has 24 heavy (non-hydrogen) atoms. The quantitative estimate of drug-likeness (QED) is 0.910. The molecule has 2 N–H and O–H groups in total. The van der Waals surface area contributed by atoms with Crippen molar-refractivity contribution in [1.29, 1.82) is 5.26 Å². The first-order valence-corrected chi connectivity index (χ1v) is 8.06. The van der Waals surface area contributed by atoms with Crippen molar-refractivity contribution in [2.24, 2.45) is 0 Å². The van der Waals surface area contributed by atoms with Gasteiger partial charge < -0.3 is 10.6 Å². The molecule has 0 spiro atoms. The Bertz CT molecular complexity index is 828. The molecule has 1 aromatic carbocycles. The number of aryl methyl sites for hydroxylation is 1. The average Bonchev–Trinajstić information content (AvgIpc) is 3.02. The minimum atomic E-state index is -0.808. The van der Waals surface area contributed by atoms with Crippen molar-refractivity contribution in [2.75, 3.05) is 17.2 Å². The lowest BCUT2D eigenvalue weighted by Crippen LogP contribution is -2.41. The van der Waals surface area contributed by atoms with Gasteiger partial charge in [0, 0.05) is 24.0 Å². The van der Waals surface area contributed by atoms with Crippen molar-refractivity contribution >= 4 is 17.3 Å². The highest BCUT2D eigenvalue weighted by Gasteiger charge is 2.31. The number of benzene rings is 1. The Morgan fingerprint density at radius 2 is 2.25 bits per heavy atom. The third-order valence-electron chi connectivity index (χ3n) is 4.43. The van der Waals surface area contributed by atoms with E-state index in [9.17, 15) is 10.1 Å². The summed E-state index contributed by atoms with van der Waals surface area (Å²) in [6.45, 7) is 6.46. The Morgan fingerprint density at radius 3 is 2.92 bits per heavy atom. The summed E-state index contributed by atoms with van der Waals surface area (Å²) in [6.07, 6.45) is 5.42. The van der Waals surface area contributed by atoms with E-state index in [0.717, 1.165) is 41.9 Å². The highest BCUT2D eigenvalue weighted by Crippen LogP contribution is 2.33. The maximum absolute atomic E-state index is 12.8. The number of aromatic nitrogens is 2. The van der Waals surface area contributed by atoms with Crippen LogP contribution in [0.25, 0.3) is 0 Å². The largest absolute Gasteiger partial charge is 0.384 e. The number of nitrogens with zero attached hydrogens (tertiary/aromatic N) is 3. The highest BCUT2D eigenvalue weighted by molar-refractivity contribution is 5.97. The van der Waals surface area contributed by atoms with Crippen molar-refractivity contribution in [1.82, 2.24) is 9.78 Å². The van der Waals surface area contributed by atoms with Crippen LogP contribution >= 0.6 is 0 Å². The molecule has 6 heteroatoms. The van der Waals surface area contributed by atoms with Crippen LogP contribution in [0.3, 0.4) is 0 Å². The number of hydrogen-bond donors (Lipinski definition) is 2. The lowest BCUT2D eigenvalue weighted by atomic mass is 9.97. The molecule has 0 fully saturated rings. The number of carbonyl (C=O) groups excluding carboxylic acids is 1. The van der Waals surface area contributed by atoms with E-state index in [0.29, 0.717) is 5.56 Å². The first kappa shape index (κ1) is 16.1. The first-order valence-electron chi connectivity index (χ1n) is 8.06. The van der Waals surface area contributed by atoms with E-state index in [2.05, 4.69) is 21.8 Å². The molecule has 0 saturated carbocycles. The maximum Gasteiger partial charge on any atom is 0.251 e. The number of fused-ring (bicyclic) bond motifs is 1. The Morgan fingerprint density at radius 1 is 1.46 bits per heavy atom. The molecule has 1 amide bonds. The normalized spacial score (nSPS) is 13.6. The summed E-state index contributed by atoms with van der Waals surface area (Å²) in [5.41, 5.74) is 3.42. The van der Waals surface area contributed by atoms with Crippen LogP contribution in [0, 0.1) is 18.3 Å². The van der Waals surface area contributed by atoms with E-state index in [1.165, 1.54) is 0 Å². The van der Waals surface area contributed by atoms with Crippen LogP contribution in [0.5, 0.6) is 0 Å². The SMILES string of the molecule is Cc1cnn(C(C)(C)C(=O)Nc2ccc(C#N)c3c2CCCN3)c1. The fourth-order valence-corrected chi connectivity index (χ4v) is 2.90. The second-order valence-electron chi connectivity index (χ2n) is 6.63. The number of carbonyl (C=O) groups is 1. The molecule has 0 atom stereocenters. The van der Waals surface area contributed by atoms with Gasteiger partial charge in [-0.2, -0.15) is 10.4 Å². The van der Waals surface area contributed by atoms with Gasteiger partial charge in [-0.25, -0.2) is 0 Å². The van der Waals surface area contributed by atoms with Crippen molar-refractivity contribution in [3.63, 3.8) is 0 Å². The van der Waals surface area contributed by atoms with Gasteiger partial charge in [-0.05, 0) is 51.3 Å². The Labute approximate surface area is 141 Å². The summed E-state index contributed by atoms with van der Waals surface area (Å²) in [5.74, 6) is -0.136.